The average Bonchev–Trinajstić information content (AvgIpc) is 3.12. The predicted octanol–water partition coefficient (Wildman–Crippen LogP) is 5.34. The van der Waals surface area contributed by atoms with Crippen LogP contribution in [0.5, 0.6) is 23.3 Å². The Morgan fingerprint density at radius 2 is 1.62 bits per heavy atom. The Kier molecular flexibility index (Phi) is 6.07. The van der Waals surface area contributed by atoms with Crippen molar-refractivity contribution in [3.05, 3.63) is 64.4 Å². The second kappa shape index (κ2) is 8.94. The minimum Gasteiger partial charge on any atom is -0.494 e. The summed E-state index contributed by atoms with van der Waals surface area (Å²) in [5.74, 6) is 1.08. The minimum atomic E-state index is -0.431. The fraction of sp³-hybridized carbons (Fsp3) is 0.136. The van der Waals surface area contributed by atoms with Crippen LogP contribution in [0.15, 0.2) is 48.8 Å². The number of pyridine rings is 1. The van der Waals surface area contributed by atoms with Gasteiger partial charge in [-0.25, -0.2) is 0 Å². The normalized spacial score (nSPS) is 10.8. The molecule has 8 nitrogen and oxygen atoms in total. The van der Waals surface area contributed by atoms with Gasteiger partial charge in [-0.05, 0) is 24.3 Å². The first-order valence-corrected chi connectivity index (χ1v) is 10.1. The van der Waals surface area contributed by atoms with Crippen LogP contribution < -0.4 is 19.5 Å². The van der Waals surface area contributed by atoms with Crippen molar-refractivity contribution in [1.82, 2.24) is 14.5 Å². The number of fused-ring (bicyclic) bond motifs is 1. The van der Waals surface area contributed by atoms with Gasteiger partial charge >= 0.3 is 6.01 Å². The first kappa shape index (κ1) is 21.7. The standard InChI is InChI=1S/C22H18Cl2N4O4/c1-28-20-12(21(29)26-18-13(23)10-25-11-14(18)24)8-9-17(31-3)19(20)27-22(28)32-16-7-5-4-6-15(16)30-2/h4-11H,1-3H3,(H,25,26,29). The highest BCUT2D eigenvalue weighted by molar-refractivity contribution is 6.39. The molecule has 32 heavy (non-hydrogen) atoms. The lowest BCUT2D eigenvalue weighted by molar-refractivity contribution is 0.102. The van der Waals surface area contributed by atoms with Gasteiger partial charge in [-0.2, -0.15) is 4.98 Å². The minimum absolute atomic E-state index is 0.223. The number of halogens is 2. The van der Waals surface area contributed by atoms with E-state index in [-0.39, 0.29) is 21.7 Å². The smallest absolute Gasteiger partial charge is 0.302 e. The lowest BCUT2D eigenvalue weighted by atomic mass is 10.1. The number of hydrogen-bond donors (Lipinski definition) is 1. The number of ether oxygens (including phenoxy) is 3. The molecule has 0 bridgehead atoms. The lowest BCUT2D eigenvalue weighted by Crippen LogP contribution is -2.14. The molecular weight excluding hydrogens is 455 g/mol. The number of aromatic nitrogens is 3. The van der Waals surface area contributed by atoms with Crippen LogP contribution in [0.4, 0.5) is 5.69 Å². The zero-order valence-corrected chi connectivity index (χ0v) is 18.9. The van der Waals surface area contributed by atoms with Crippen molar-refractivity contribution >= 4 is 45.8 Å². The number of methoxy groups -OCH3 is 2. The topological polar surface area (TPSA) is 87.5 Å². The Balaban J connectivity index is 1.80. The van der Waals surface area contributed by atoms with Crippen molar-refractivity contribution in [2.45, 2.75) is 0 Å². The number of imidazole rings is 1. The van der Waals surface area contributed by atoms with E-state index in [1.54, 1.807) is 43.0 Å². The predicted molar refractivity (Wildman–Crippen MR) is 123 cm³/mol. The Morgan fingerprint density at radius 1 is 0.969 bits per heavy atom. The largest absolute Gasteiger partial charge is 0.494 e. The molecule has 2 heterocycles. The fourth-order valence-corrected chi connectivity index (χ4v) is 3.69. The van der Waals surface area contributed by atoms with Gasteiger partial charge in [-0.1, -0.05) is 35.3 Å². The zero-order valence-electron chi connectivity index (χ0n) is 17.3. The summed E-state index contributed by atoms with van der Waals surface area (Å²) in [7, 11) is 4.82. The van der Waals surface area contributed by atoms with Crippen molar-refractivity contribution in [3.8, 4) is 23.3 Å². The summed E-state index contributed by atoms with van der Waals surface area (Å²) in [6.45, 7) is 0. The summed E-state index contributed by atoms with van der Waals surface area (Å²) in [6, 6.07) is 10.7. The van der Waals surface area contributed by atoms with Gasteiger partial charge in [0.25, 0.3) is 5.91 Å². The van der Waals surface area contributed by atoms with Gasteiger partial charge in [-0.3, -0.25) is 14.3 Å². The number of carbonyl (C=O) groups is 1. The van der Waals surface area contributed by atoms with Gasteiger partial charge in [0.2, 0.25) is 0 Å². The second-order valence-corrected chi connectivity index (χ2v) is 7.47. The van der Waals surface area contributed by atoms with Crippen LogP contribution in [0.3, 0.4) is 0 Å². The van der Waals surface area contributed by atoms with Crippen molar-refractivity contribution in [1.29, 1.82) is 0 Å². The Morgan fingerprint density at radius 3 is 2.28 bits per heavy atom. The number of hydrogen-bond acceptors (Lipinski definition) is 6. The Labute approximate surface area is 193 Å². The molecule has 164 valence electrons. The summed E-state index contributed by atoms with van der Waals surface area (Å²) in [5, 5.41) is 3.19. The molecule has 1 N–H and O–H groups in total. The summed E-state index contributed by atoms with van der Waals surface area (Å²) >= 11 is 12.3. The number of amides is 1. The van der Waals surface area contributed by atoms with E-state index in [4.69, 9.17) is 37.4 Å². The van der Waals surface area contributed by atoms with Crippen molar-refractivity contribution in [3.63, 3.8) is 0 Å². The SMILES string of the molecule is COc1ccccc1Oc1nc2c(OC)ccc(C(=O)Nc3c(Cl)cncc3Cl)c2n1C. The third-order valence-corrected chi connectivity index (χ3v) is 5.34. The lowest BCUT2D eigenvalue weighted by Gasteiger charge is -2.12. The fourth-order valence-electron chi connectivity index (χ4n) is 3.23. The molecule has 10 heteroatoms. The Hall–Kier alpha value is -3.49. The van der Waals surface area contributed by atoms with Gasteiger partial charge in [0.05, 0.1) is 41.0 Å². The maximum absolute atomic E-state index is 13.2. The average molecular weight is 473 g/mol. The molecule has 0 spiro atoms. The van der Waals surface area contributed by atoms with Crippen LogP contribution in [0.2, 0.25) is 10.0 Å². The molecule has 0 radical (unpaired) electrons. The first-order chi connectivity index (χ1) is 15.4. The number of aryl methyl sites for hydroxylation is 1. The first-order valence-electron chi connectivity index (χ1n) is 9.39. The number of nitrogens with zero attached hydrogens (tertiary/aromatic N) is 3. The Bertz CT molecular complexity index is 1300. The molecule has 0 saturated carbocycles. The van der Waals surface area contributed by atoms with Gasteiger partial charge in [0, 0.05) is 19.4 Å². The summed E-state index contributed by atoms with van der Waals surface area (Å²) in [4.78, 5) is 21.6. The molecule has 2 aromatic heterocycles. The van der Waals surface area contributed by atoms with Crippen molar-refractivity contribution in [2.24, 2.45) is 7.05 Å². The molecule has 0 saturated heterocycles. The highest BCUT2D eigenvalue weighted by atomic mass is 35.5. The second-order valence-electron chi connectivity index (χ2n) is 6.65. The van der Waals surface area contributed by atoms with E-state index in [1.807, 2.05) is 12.1 Å². The maximum atomic E-state index is 13.2. The summed E-state index contributed by atoms with van der Waals surface area (Å²) in [6.07, 6.45) is 2.80. The number of para-hydroxylation sites is 2. The maximum Gasteiger partial charge on any atom is 0.302 e. The molecule has 0 unspecified atom stereocenters. The number of anilines is 1. The van der Waals surface area contributed by atoms with E-state index in [2.05, 4.69) is 15.3 Å². The highest BCUT2D eigenvalue weighted by Gasteiger charge is 2.22. The van der Waals surface area contributed by atoms with Crippen molar-refractivity contribution < 1.29 is 19.0 Å². The number of carbonyl (C=O) groups excluding carboxylic acids is 1. The van der Waals surface area contributed by atoms with Crippen LogP contribution in [-0.2, 0) is 7.05 Å². The van der Waals surface area contributed by atoms with Gasteiger partial charge in [0.1, 0.15) is 11.3 Å². The van der Waals surface area contributed by atoms with Gasteiger partial charge < -0.3 is 19.5 Å². The number of rotatable bonds is 6. The van der Waals surface area contributed by atoms with E-state index in [0.717, 1.165) is 0 Å². The monoisotopic (exact) mass is 472 g/mol. The van der Waals surface area contributed by atoms with Crippen LogP contribution >= 0.6 is 23.2 Å². The van der Waals surface area contributed by atoms with Crippen LogP contribution in [0.1, 0.15) is 10.4 Å². The van der Waals surface area contributed by atoms with Crippen LogP contribution in [0.25, 0.3) is 11.0 Å². The molecule has 0 aliphatic carbocycles. The highest BCUT2D eigenvalue weighted by Crippen LogP contribution is 2.36. The number of benzene rings is 2. The van der Waals surface area contributed by atoms with Gasteiger partial charge in [0.15, 0.2) is 11.5 Å². The van der Waals surface area contributed by atoms with E-state index in [0.29, 0.717) is 33.8 Å². The quantitative estimate of drug-likeness (QED) is 0.407. The summed E-state index contributed by atoms with van der Waals surface area (Å²) < 4.78 is 18.4. The molecule has 1 amide bonds. The van der Waals surface area contributed by atoms with E-state index in [9.17, 15) is 4.79 Å². The van der Waals surface area contributed by atoms with Crippen molar-refractivity contribution in [2.75, 3.05) is 19.5 Å². The molecule has 0 atom stereocenters. The third-order valence-electron chi connectivity index (χ3n) is 4.77. The van der Waals surface area contributed by atoms with Crippen LogP contribution in [-0.4, -0.2) is 34.7 Å². The van der Waals surface area contributed by atoms with Crippen LogP contribution in [0, 0.1) is 0 Å². The molecule has 2 aromatic carbocycles. The molecule has 0 aliphatic rings. The summed E-state index contributed by atoms with van der Waals surface area (Å²) in [5.41, 5.74) is 1.56. The number of nitrogens with one attached hydrogen (secondary N) is 1. The molecule has 0 fully saturated rings. The van der Waals surface area contributed by atoms with Gasteiger partial charge in [-0.15, -0.1) is 0 Å². The molecule has 4 aromatic rings. The third kappa shape index (κ3) is 3.90. The van der Waals surface area contributed by atoms with E-state index in [1.165, 1.54) is 19.5 Å². The molecular formula is C22H18Cl2N4O4. The molecule has 4 rings (SSSR count). The molecule has 0 aliphatic heterocycles. The van der Waals surface area contributed by atoms with E-state index < -0.39 is 5.91 Å². The zero-order chi connectivity index (χ0) is 22.8. The van der Waals surface area contributed by atoms with E-state index >= 15 is 0 Å².